The van der Waals surface area contributed by atoms with Crippen molar-refractivity contribution in [1.82, 2.24) is 5.32 Å². The van der Waals surface area contributed by atoms with E-state index in [1.165, 1.54) is 0 Å². The lowest BCUT2D eigenvalue weighted by Crippen LogP contribution is -2.36. The van der Waals surface area contributed by atoms with E-state index in [1.54, 1.807) is 19.1 Å². The second kappa shape index (κ2) is 6.42. The van der Waals surface area contributed by atoms with Crippen LogP contribution in [-0.2, 0) is 9.53 Å². The average Bonchev–Trinajstić information content (AvgIpc) is 2.52. The number of fused-ring (bicyclic) bond motifs is 2. The van der Waals surface area contributed by atoms with Crippen molar-refractivity contribution in [1.29, 1.82) is 0 Å². The lowest BCUT2D eigenvalue weighted by Gasteiger charge is -2.27. The highest BCUT2D eigenvalue weighted by molar-refractivity contribution is 9.10. The Morgan fingerprint density at radius 3 is 2.70 bits per heavy atom. The van der Waals surface area contributed by atoms with Crippen molar-refractivity contribution >= 4 is 27.9 Å². The van der Waals surface area contributed by atoms with Crippen molar-refractivity contribution in [3.05, 3.63) is 58.1 Å². The summed E-state index contributed by atoms with van der Waals surface area (Å²) in [6.07, 6.45) is -0.752. The normalized spacial score (nSPS) is 15.0. The van der Waals surface area contributed by atoms with Crippen LogP contribution in [0, 0.1) is 0 Å². The topological polar surface area (TPSA) is 64.6 Å². The first-order chi connectivity index (χ1) is 11.1. The summed E-state index contributed by atoms with van der Waals surface area (Å²) in [6.45, 7) is 1.88. The van der Waals surface area contributed by atoms with Gasteiger partial charge in [0.1, 0.15) is 11.5 Å². The SMILES string of the molecule is CCOC(=O)NC(=O)C1c2ccccc2Oc2ccc(Br)cc21. The Balaban J connectivity index is 2.03. The average molecular weight is 376 g/mol. The summed E-state index contributed by atoms with van der Waals surface area (Å²) >= 11 is 3.40. The van der Waals surface area contributed by atoms with Crippen LogP contribution < -0.4 is 10.1 Å². The Morgan fingerprint density at radius 1 is 1.17 bits per heavy atom. The molecule has 0 aliphatic carbocycles. The lowest BCUT2D eigenvalue weighted by atomic mass is 9.87. The fourth-order valence-electron chi connectivity index (χ4n) is 2.56. The molecule has 1 unspecified atom stereocenters. The molecule has 2 amide bonds. The molecule has 2 aromatic rings. The number of benzene rings is 2. The molecule has 3 rings (SSSR count). The van der Waals surface area contributed by atoms with Crippen LogP contribution in [0.25, 0.3) is 0 Å². The molecule has 0 fully saturated rings. The van der Waals surface area contributed by atoms with Crippen LogP contribution in [0.5, 0.6) is 11.5 Å². The number of rotatable bonds is 2. The van der Waals surface area contributed by atoms with Gasteiger partial charge in [-0.2, -0.15) is 0 Å². The molecule has 0 aromatic heterocycles. The fraction of sp³-hybridized carbons (Fsp3) is 0.176. The van der Waals surface area contributed by atoms with Crippen molar-refractivity contribution in [3.8, 4) is 11.5 Å². The Morgan fingerprint density at radius 2 is 1.91 bits per heavy atom. The van der Waals surface area contributed by atoms with Crippen molar-refractivity contribution in [2.75, 3.05) is 6.61 Å². The summed E-state index contributed by atoms with van der Waals surface area (Å²) in [5.74, 6) is 0.109. The van der Waals surface area contributed by atoms with E-state index in [9.17, 15) is 9.59 Å². The number of hydrogen-bond acceptors (Lipinski definition) is 4. The van der Waals surface area contributed by atoms with Crippen LogP contribution in [0.15, 0.2) is 46.9 Å². The summed E-state index contributed by atoms with van der Waals surface area (Å²) < 4.78 is 11.5. The Bertz CT molecular complexity index is 775. The summed E-state index contributed by atoms with van der Waals surface area (Å²) in [5.41, 5.74) is 1.40. The molecule has 0 radical (unpaired) electrons. The van der Waals surface area contributed by atoms with Gasteiger partial charge in [-0.15, -0.1) is 0 Å². The highest BCUT2D eigenvalue weighted by atomic mass is 79.9. The molecule has 1 N–H and O–H groups in total. The molecule has 2 aromatic carbocycles. The first-order valence-electron chi connectivity index (χ1n) is 7.14. The summed E-state index contributed by atoms with van der Waals surface area (Å²) in [4.78, 5) is 24.2. The number of carbonyl (C=O) groups excluding carboxylic acids is 2. The second-order valence-electron chi connectivity index (χ2n) is 4.96. The van der Waals surface area contributed by atoms with Crippen molar-refractivity contribution in [2.45, 2.75) is 12.8 Å². The number of ether oxygens (including phenoxy) is 2. The second-order valence-corrected chi connectivity index (χ2v) is 5.88. The van der Waals surface area contributed by atoms with Crippen molar-refractivity contribution in [2.24, 2.45) is 0 Å². The number of alkyl carbamates (subject to hydrolysis) is 1. The summed E-state index contributed by atoms with van der Waals surface area (Å²) in [6, 6.07) is 12.7. The van der Waals surface area contributed by atoms with Gasteiger partial charge in [0.05, 0.1) is 12.5 Å². The van der Waals surface area contributed by atoms with Gasteiger partial charge in [-0.05, 0) is 31.2 Å². The van der Waals surface area contributed by atoms with Gasteiger partial charge in [0, 0.05) is 15.6 Å². The molecule has 0 spiro atoms. The maximum Gasteiger partial charge on any atom is 0.413 e. The monoisotopic (exact) mass is 375 g/mol. The van der Waals surface area contributed by atoms with Gasteiger partial charge < -0.3 is 9.47 Å². The first kappa shape index (κ1) is 15.6. The van der Waals surface area contributed by atoms with E-state index < -0.39 is 17.9 Å². The zero-order chi connectivity index (χ0) is 16.4. The minimum atomic E-state index is -0.752. The number of para-hydroxylation sites is 1. The van der Waals surface area contributed by atoms with Gasteiger partial charge in [-0.25, -0.2) is 4.79 Å². The quantitative estimate of drug-likeness (QED) is 0.862. The fourth-order valence-corrected chi connectivity index (χ4v) is 2.94. The van der Waals surface area contributed by atoms with E-state index in [2.05, 4.69) is 21.2 Å². The molecular formula is C17H14BrNO4. The van der Waals surface area contributed by atoms with Gasteiger partial charge in [0.25, 0.3) is 0 Å². The van der Waals surface area contributed by atoms with Gasteiger partial charge in [-0.3, -0.25) is 10.1 Å². The molecule has 6 heteroatoms. The molecule has 5 nitrogen and oxygen atoms in total. The highest BCUT2D eigenvalue weighted by Crippen LogP contribution is 2.44. The molecule has 118 valence electrons. The molecule has 1 heterocycles. The minimum Gasteiger partial charge on any atom is -0.457 e. The number of halogens is 1. The van der Waals surface area contributed by atoms with Crippen LogP contribution in [0.3, 0.4) is 0 Å². The van der Waals surface area contributed by atoms with E-state index in [0.717, 1.165) is 4.47 Å². The van der Waals surface area contributed by atoms with E-state index >= 15 is 0 Å². The number of amides is 2. The first-order valence-corrected chi connectivity index (χ1v) is 7.93. The molecular weight excluding hydrogens is 362 g/mol. The molecule has 0 saturated carbocycles. The van der Waals surface area contributed by atoms with Gasteiger partial charge in [0.15, 0.2) is 0 Å². The summed E-state index contributed by atoms with van der Waals surface area (Å²) in [5, 5.41) is 2.28. The van der Waals surface area contributed by atoms with E-state index in [1.807, 2.05) is 30.3 Å². The highest BCUT2D eigenvalue weighted by Gasteiger charge is 2.33. The molecule has 0 bridgehead atoms. The van der Waals surface area contributed by atoms with E-state index in [4.69, 9.17) is 9.47 Å². The van der Waals surface area contributed by atoms with Crippen molar-refractivity contribution < 1.29 is 19.1 Å². The Kier molecular flexibility index (Phi) is 4.34. The Labute approximate surface area is 141 Å². The number of imide groups is 1. The van der Waals surface area contributed by atoms with E-state index in [0.29, 0.717) is 22.6 Å². The third kappa shape index (κ3) is 3.07. The largest absolute Gasteiger partial charge is 0.457 e. The number of hydrogen-bond donors (Lipinski definition) is 1. The van der Waals surface area contributed by atoms with Gasteiger partial charge >= 0.3 is 6.09 Å². The smallest absolute Gasteiger partial charge is 0.413 e. The number of nitrogens with one attached hydrogen (secondary N) is 1. The van der Waals surface area contributed by atoms with Gasteiger partial charge in [0.2, 0.25) is 5.91 Å². The van der Waals surface area contributed by atoms with Crippen LogP contribution in [0.4, 0.5) is 4.79 Å². The lowest BCUT2D eigenvalue weighted by molar-refractivity contribution is -0.121. The molecule has 1 atom stereocenters. The molecule has 23 heavy (non-hydrogen) atoms. The summed E-state index contributed by atoms with van der Waals surface area (Å²) in [7, 11) is 0. The predicted molar refractivity (Wildman–Crippen MR) is 87.7 cm³/mol. The third-order valence-corrected chi connectivity index (χ3v) is 3.99. The van der Waals surface area contributed by atoms with Gasteiger partial charge in [-0.1, -0.05) is 34.1 Å². The standard InChI is InChI=1S/C17H14BrNO4/c1-2-22-17(21)19-16(20)15-11-5-3-4-6-13(11)23-14-8-7-10(18)9-12(14)15/h3-9,15H,2H2,1H3,(H,19,20,21). The maximum absolute atomic E-state index is 12.6. The van der Waals surface area contributed by atoms with E-state index in [-0.39, 0.29) is 6.61 Å². The van der Waals surface area contributed by atoms with Crippen LogP contribution >= 0.6 is 15.9 Å². The molecule has 1 aliphatic rings. The Hall–Kier alpha value is -2.34. The minimum absolute atomic E-state index is 0.200. The number of carbonyl (C=O) groups is 2. The third-order valence-electron chi connectivity index (χ3n) is 3.50. The van der Waals surface area contributed by atoms with Crippen LogP contribution in [0.2, 0.25) is 0 Å². The maximum atomic E-state index is 12.6. The predicted octanol–water partition coefficient (Wildman–Crippen LogP) is 3.96. The van der Waals surface area contributed by atoms with Crippen molar-refractivity contribution in [3.63, 3.8) is 0 Å². The van der Waals surface area contributed by atoms with Crippen LogP contribution in [0.1, 0.15) is 24.0 Å². The molecule has 1 aliphatic heterocycles. The zero-order valence-electron chi connectivity index (χ0n) is 12.3. The zero-order valence-corrected chi connectivity index (χ0v) is 13.9. The van der Waals surface area contributed by atoms with Crippen LogP contribution in [-0.4, -0.2) is 18.6 Å². The molecule has 0 saturated heterocycles.